The normalized spacial score (nSPS) is 12.9. The lowest BCUT2D eigenvalue weighted by molar-refractivity contribution is 0.479. The first kappa shape index (κ1) is 32.1. The molecule has 0 fully saturated rings. The van der Waals surface area contributed by atoms with Gasteiger partial charge in [-0.1, -0.05) is 115 Å². The van der Waals surface area contributed by atoms with Gasteiger partial charge in [0.1, 0.15) is 39.6 Å². The van der Waals surface area contributed by atoms with Gasteiger partial charge in [0.05, 0.1) is 16.4 Å². The predicted molar refractivity (Wildman–Crippen MR) is 244 cm³/mol. The highest BCUT2D eigenvalue weighted by Gasteiger charge is 2.41. The van der Waals surface area contributed by atoms with E-state index in [1.807, 2.05) is 24.3 Å². The molecule has 14 rings (SSSR count). The van der Waals surface area contributed by atoms with Gasteiger partial charge >= 0.3 is 6.92 Å². The van der Waals surface area contributed by atoms with Crippen LogP contribution in [0.25, 0.3) is 105 Å². The lowest BCUT2D eigenvalue weighted by Crippen LogP contribution is -2.53. The van der Waals surface area contributed by atoms with Gasteiger partial charge in [0.15, 0.2) is 0 Å². The summed E-state index contributed by atoms with van der Waals surface area (Å²) in [6, 6.07) is 64.0. The smallest absolute Gasteiger partial charge is 0.434 e. The van der Waals surface area contributed by atoms with Gasteiger partial charge in [0.2, 0.25) is 0 Å². The Morgan fingerprint density at radius 3 is 1.95 bits per heavy atom. The van der Waals surface area contributed by atoms with E-state index in [1.54, 1.807) is 0 Å². The van der Waals surface area contributed by atoms with E-state index in [2.05, 4.69) is 162 Å². The summed E-state index contributed by atoms with van der Waals surface area (Å²) in [5.41, 5.74) is 15.3. The molecule has 5 nitrogen and oxygen atoms in total. The van der Waals surface area contributed by atoms with Crippen molar-refractivity contribution < 1.29 is 18.2 Å². The van der Waals surface area contributed by atoms with Crippen LogP contribution in [0.1, 0.15) is 0 Å². The number of aromatic nitrogens is 1. The van der Waals surface area contributed by atoms with Gasteiger partial charge < -0.3 is 22.8 Å². The molecule has 0 saturated carbocycles. The molecule has 0 radical (unpaired) electrons. The summed E-state index contributed by atoms with van der Waals surface area (Å²) in [6.07, 6.45) is 0. The van der Waals surface area contributed by atoms with Crippen molar-refractivity contribution in [2.75, 3.05) is 0 Å². The molecule has 12 aromatic rings. The molecule has 278 valence electrons. The van der Waals surface area contributed by atoms with Gasteiger partial charge in [-0.25, -0.2) is 0 Å². The molecule has 60 heavy (non-hydrogen) atoms. The summed E-state index contributed by atoms with van der Waals surface area (Å²) in [5, 5.41) is 6.67. The minimum absolute atomic E-state index is 0.343. The van der Waals surface area contributed by atoms with Gasteiger partial charge in [-0.2, -0.15) is 0 Å². The molecule has 0 spiro atoms. The zero-order chi connectivity index (χ0) is 39.1. The first-order chi connectivity index (χ1) is 29.7. The largest absolute Gasteiger partial charge is 0.551 e. The number of hydrogen-bond acceptors (Lipinski definition) is 4. The van der Waals surface area contributed by atoms with E-state index in [9.17, 15) is 0 Å². The Kier molecular flexibility index (Phi) is 6.31. The van der Waals surface area contributed by atoms with Crippen molar-refractivity contribution in [2.45, 2.75) is 0 Å². The molecule has 9 aromatic carbocycles. The van der Waals surface area contributed by atoms with Crippen LogP contribution in [0, 0.1) is 0 Å². The topological polar surface area (TPSA) is 49.7 Å². The van der Waals surface area contributed by atoms with Crippen molar-refractivity contribution in [3.05, 3.63) is 182 Å². The minimum Gasteiger partial charge on any atom is -0.551 e. The highest BCUT2D eigenvalue weighted by Crippen LogP contribution is 2.46. The standard InChI is InChI=1S/C54H30BNO4/c1-5-16-44-36(10-1)37-11-2-6-17-45(37)56(44)34-23-20-31(21-24-34)32-22-26-48-43(29-32)55-52-42(38-12-3-8-19-47(38)60-55)28-33(30-50(52)58-48)35-14-9-15-39-40-25-27-49-51(54(40)59-53(35)39)41-13-4-7-18-46(41)57-49/h1-30H. The zero-order valence-electron chi connectivity index (χ0n) is 32.0. The van der Waals surface area contributed by atoms with Crippen LogP contribution in [0.2, 0.25) is 0 Å². The number of rotatable bonds is 3. The third-order valence-corrected chi connectivity index (χ3v) is 12.7. The Bertz CT molecular complexity index is 3740. The lowest BCUT2D eigenvalue weighted by Gasteiger charge is -2.33. The molecule has 5 heterocycles. The van der Waals surface area contributed by atoms with Gasteiger partial charge in [-0.3, -0.25) is 0 Å². The fourth-order valence-electron chi connectivity index (χ4n) is 10.00. The number of para-hydroxylation sites is 5. The zero-order valence-corrected chi connectivity index (χ0v) is 32.0. The lowest BCUT2D eigenvalue weighted by atomic mass is 9.50. The molecule has 0 saturated heterocycles. The summed E-state index contributed by atoms with van der Waals surface area (Å²) < 4.78 is 29.3. The Morgan fingerprint density at radius 2 is 1.10 bits per heavy atom. The number of furan rings is 2. The van der Waals surface area contributed by atoms with E-state index >= 15 is 0 Å². The monoisotopic (exact) mass is 767 g/mol. The summed E-state index contributed by atoms with van der Waals surface area (Å²) in [7, 11) is 0. The van der Waals surface area contributed by atoms with Gasteiger partial charge in [-0.05, 0) is 89.0 Å². The van der Waals surface area contributed by atoms with E-state index in [0.717, 1.165) is 111 Å². The quantitative estimate of drug-likeness (QED) is 0.168. The maximum atomic E-state index is 6.92. The molecule has 6 heteroatoms. The first-order valence-corrected chi connectivity index (χ1v) is 20.3. The van der Waals surface area contributed by atoms with E-state index < -0.39 is 0 Å². The van der Waals surface area contributed by atoms with Crippen molar-refractivity contribution >= 4 is 83.5 Å². The van der Waals surface area contributed by atoms with Crippen LogP contribution >= 0.6 is 0 Å². The molecule has 0 bridgehead atoms. The Morgan fingerprint density at radius 1 is 0.400 bits per heavy atom. The minimum atomic E-state index is -0.343. The fraction of sp³-hybridized carbons (Fsp3) is 0. The van der Waals surface area contributed by atoms with Crippen LogP contribution in [0.3, 0.4) is 0 Å². The van der Waals surface area contributed by atoms with Gasteiger partial charge in [0.25, 0.3) is 0 Å². The average Bonchev–Trinajstić information content (AvgIpc) is 3.99. The van der Waals surface area contributed by atoms with Crippen LogP contribution in [-0.2, 0) is 0 Å². The van der Waals surface area contributed by atoms with Crippen LogP contribution in [0.5, 0.6) is 17.2 Å². The molecule has 0 N–H and O–H groups in total. The molecule has 2 aliphatic rings. The Labute approximate surface area is 343 Å². The van der Waals surface area contributed by atoms with E-state index in [0.29, 0.717) is 0 Å². The Hall–Kier alpha value is -7.96. The second kappa shape index (κ2) is 11.8. The molecule has 0 unspecified atom stereocenters. The van der Waals surface area contributed by atoms with Crippen LogP contribution in [0.15, 0.2) is 191 Å². The van der Waals surface area contributed by atoms with E-state index in [4.69, 9.17) is 18.2 Å². The number of fused-ring (bicyclic) bond motifs is 14. The number of benzene rings is 9. The van der Waals surface area contributed by atoms with Crippen molar-refractivity contribution in [1.82, 2.24) is 4.57 Å². The maximum Gasteiger partial charge on any atom is 0.434 e. The van der Waals surface area contributed by atoms with Crippen LogP contribution in [0.4, 0.5) is 0 Å². The van der Waals surface area contributed by atoms with Crippen molar-refractivity contribution in [2.24, 2.45) is 0 Å². The van der Waals surface area contributed by atoms with Crippen LogP contribution in [-0.4, -0.2) is 11.5 Å². The fourth-order valence-corrected chi connectivity index (χ4v) is 10.00. The second-order valence-electron chi connectivity index (χ2n) is 15.9. The third-order valence-electron chi connectivity index (χ3n) is 12.7. The van der Waals surface area contributed by atoms with Crippen molar-refractivity contribution in [3.8, 4) is 56.3 Å². The first-order valence-electron chi connectivity index (χ1n) is 20.3. The second-order valence-corrected chi connectivity index (χ2v) is 15.9. The average molecular weight is 768 g/mol. The van der Waals surface area contributed by atoms with Crippen molar-refractivity contribution in [1.29, 1.82) is 0 Å². The predicted octanol–water partition coefficient (Wildman–Crippen LogP) is 13.2. The molecular weight excluding hydrogens is 737 g/mol. The molecule has 0 aliphatic carbocycles. The third kappa shape index (κ3) is 4.37. The van der Waals surface area contributed by atoms with Gasteiger partial charge in [-0.15, -0.1) is 0 Å². The number of nitrogens with zero attached hydrogens (tertiary/aromatic N) is 1. The molecule has 3 aromatic heterocycles. The highest BCUT2D eigenvalue weighted by atomic mass is 16.5. The summed E-state index contributed by atoms with van der Waals surface area (Å²) in [4.78, 5) is 0. The maximum absolute atomic E-state index is 6.92. The van der Waals surface area contributed by atoms with Crippen LogP contribution < -0.4 is 20.3 Å². The summed E-state index contributed by atoms with van der Waals surface area (Å²) in [5.74, 6) is 2.42. The summed E-state index contributed by atoms with van der Waals surface area (Å²) in [6.45, 7) is -0.343. The molecule has 0 atom stereocenters. The summed E-state index contributed by atoms with van der Waals surface area (Å²) >= 11 is 0. The van der Waals surface area contributed by atoms with Gasteiger partial charge in [0, 0.05) is 54.7 Å². The number of ether oxygens (including phenoxy) is 1. The van der Waals surface area contributed by atoms with Crippen molar-refractivity contribution in [3.63, 3.8) is 0 Å². The molecule has 0 amide bonds. The SMILES string of the molecule is c1ccc2c(c1)OB1c3cc(-c4ccc(-n5c6ccccc6c6ccccc65)cc4)ccc3Oc3cc(-c4cccc5c4oc4c5ccc5oc6ccccc6c54)cc-2c31. The number of hydrogen-bond donors (Lipinski definition) is 0. The highest BCUT2D eigenvalue weighted by molar-refractivity contribution is 6.84. The molecule has 2 aliphatic heterocycles. The molecular formula is C54H30BNO4. The Balaban J connectivity index is 0.892. The van der Waals surface area contributed by atoms with E-state index in [1.165, 1.54) is 21.8 Å². The van der Waals surface area contributed by atoms with E-state index in [-0.39, 0.29) is 6.92 Å².